The number of likely N-dealkylation sites (tertiary alicyclic amines) is 1. The topological polar surface area (TPSA) is 85.8 Å². The molecule has 0 radical (unpaired) electrons. The van der Waals surface area contributed by atoms with Crippen LogP contribution in [0.2, 0.25) is 0 Å². The molecule has 2 amide bonds. The summed E-state index contributed by atoms with van der Waals surface area (Å²) in [5.41, 5.74) is 6.71. The summed E-state index contributed by atoms with van der Waals surface area (Å²) < 4.78 is 0. The van der Waals surface area contributed by atoms with E-state index in [-0.39, 0.29) is 29.8 Å². The van der Waals surface area contributed by atoms with E-state index in [0.29, 0.717) is 18.7 Å². The van der Waals surface area contributed by atoms with Crippen LogP contribution < -0.4 is 5.32 Å². The van der Waals surface area contributed by atoms with E-state index in [1.54, 1.807) is 21.1 Å². The number of thiazole rings is 1. The van der Waals surface area contributed by atoms with Crippen LogP contribution in [0.15, 0.2) is 54.0 Å². The fourth-order valence-corrected chi connectivity index (χ4v) is 6.62. The van der Waals surface area contributed by atoms with Crippen LogP contribution in [0.5, 0.6) is 0 Å². The van der Waals surface area contributed by atoms with E-state index in [2.05, 4.69) is 34.6 Å². The van der Waals surface area contributed by atoms with Gasteiger partial charge in [-0.3, -0.25) is 14.9 Å². The van der Waals surface area contributed by atoms with Gasteiger partial charge >= 0.3 is 0 Å². The zero-order valence-corrected chi connectivity index (χ0v) is 23.2. The SMILES string of the molecule is Cc1ncsc1-c1ccc(C(C)NC(O)C2CCCN2C(=O)[C@H](C(C)C)N2Cc3ccccc3C2=O)cc1. The Hall–Kier alpha value is -3.07. The van der Waals surface area contributed by atoms with Gasteiger partial charge in [0.1, 0.15) is 12.3 Å². The van der Waals surface area contributed by atoms with Gasteiger partial charge in [0.2, 0.25) is 5.91 Å². The zero-order valence-electron chi connectivity index (χ0n) is 22.4. The van der Waals surface area contributed by atoms with E-state index in [4.69, 9.17) is 0 Å². The molecule has 4 atom stereocenters. The number of aliphatic hydroxyl groups is 1. The summed E-state index contributed by atoms with van der Waals surface area (Å²) >= 11 is 1.63. The van der Waals surface area contributed by atoms with E-state index in [1.165, 1.54) is 0 Å². The first-order chi connectivity index (χ1) is 18.3. The Kier molecular flexibility index (Phi) is 7.66. The molecular formula is C30H36N4O3S. The first kappa shape index (κ1) is 26.5. The standard InChI is InChI=1S/C30H36N4O3S/c1-18(2)26(34-16-23-8-5-6-9-24(23)29(34)36)30(37)33-15-7-10-25(33)28(35)32-19(3)21-11-13-22(14-12-21)27-20(4)31-17-38-27/h5-6,8-9,11-14,17-19,25-26,28,32,35H,7,10,15-16H2,1-4H3/t19?,25?,26-,28?/m0/s1. The molecule has 0 spiro atoms. The summed E-state index contributed by atoms with van der Waals surface area (Å²) in [5, 5.41) is 14.5. The number of aryl methyl sites for hydroxylation is 1. The first-order valence-electron chi connectivity index (χ1n) is 13.4. The Balaban J connectivity index is 1.27. The summed E-state index contributed by atoms with van der Waals surface area (Å²) in [7, 11) is 0. The summed E-state index contributed by atoms with van der Waals surface area (Å²) in [6.07, 6.45) is 0.666. The van der Waals surface area contributed by atoms with Crippen LogP contribution in [0.4, 0.5) is 0 Å². The van der Waals surface area contributed by atoms with Gasteiger partial charge in [-0.2, -0.15) is 0 Å². The minimum atomic E-state index is -0.876. The van der Waals surface area contributed by atoms with Crippen LogP contribution in [-0.4, -0.2) is 56.6 Å². The number of carbonyl (C=O) groups excluding carboxylic acids is 2. The monoisotopic (exact) mass is 532 g/mol. The van der Waals surface area contributed by atoms with Gasteiger partial charge in [0, 0.05) is 24.7 Å². The van der Waals surface area contributed by atoms with Crippen LogP contribution in [0.25, 0.3) is 10.4 Å². The molecule has 0 saturated carbocycles. The molecule has 7 nitrogen and oxygen atoms in total. The molecule has 1 fully saturated rings. The quantitative estimate of drug-likeness (QED) is 0.409. The number of carbonyl (C=O) groups is 2. The first-order valence-corrected chi connectivity index (χ1v) is 14.3. The molecule has 1 aromatic heterocycles. The minimum absolute atomic E-state index is 0.0493. The number of rotatable bonds is 8. The number of amides is 2. The number of hydrogen-bond donors (Lipinski definition) is 2. The Morgan fingerprint density at radius 3 is 2.53 bits per heavy atom. The third kappa shape index (κ3) is 5.00. The molecule has 3 aromatic rings. The van der Waals surface area contributed by atoms with Crippen LogP contribution in [0.1, 0.15) is 66.8 Å². The molecule has 3 heterocycles. The van der Waals surface area contributed by atoms with Gasteiger partial charge < -0.3 is 14.9 Å². The van der Waals surface area contributed by atoms with Crippen molar-refractivity contribution in [3.8, 4) is 10.4 Å². The smallest absolute Gasteiger partial charge is 0.255 e. The fraction of sp³-hybridized carbons (Fsp3) is 0.433. The fourth-order valence-electron chi connectivity index (χ4n) is 5.81. The van der Waals surface area contributed by atoms with Gasteiger partial charge in [0.15, 0.2) is 0 Å². The van der Waals surface area contributed by atoms with Crippen molar-refractivity contribution in [2.24, 2.45) is 5.92 Å². The number of nitrogens with one attached hydrogen (secondary N) is 1. The summed E-state index contributed by atoms with van der Waals surface area (Å²) in [5.74, 6) is -0.221. The van der Waals surface area contributed by atoms with E-state index in [9.17, 15) is 14.7 Å². The Morgan fingerprint density at radius 1 is 1.13 bits per heavy atom. The molecule has 2 aromatic carbocycles. The lowest BCUT2D eigenvalue weighted by Gasteiger charge is -2.37. The predicted octanol–water partition coefficient (Wildman–Crippen LogP) is 4.76. The van der Waals surface area contributed by atoms with Crippen LogP contribution in [0, 0.1) is 12.8 Å². The number of nitrogens with zero attached hydrogens (tertiary/aromatic N) is 3. The Bertz CT molecular complexity index is 1300. The average Bonchev–Trinajstić information content (AvgIpc) is 3.64. The van der Waals surface area contributed by atoms with Gasteiger partial charge in [0.05, 0.1) is 22.1 Å². The number of fused-ring (bicyclic) bond motifs is 1. The minimum Gasteiger partial charge on any atom is -0.376 e. The summed E-state index contributed by atoms with van der Waals surface area (Å²) in [6, 6.07) is 14.9. The van der Waals surface area contributed by atoms with Crippen molar-refractivity contribution in [2.45, 2.75) is 71.4 Å². The maximum Gasteiger partial charge on any atom is 0.255 e. The van der Waals surface area contributed by atoms with E-state index in [0.717, 1.165) is 40.1 Å². The molecule has 3 unspecified atom stereocenters. The van der Waals surface area contributed by atoms with Crippen LogP contribution >= 0.6 is 11.3 Å². The average molecular weight is 533 g/mol. The molecule has 5 rings (SSSR count). The highest BCUT2D eigenvalue weighted by molar-refractivity contribution is 7.13. The van der Waals surface area contributed by atoms with Gasteiger partial charge in [0.25, 0.3) is 5.91 Å². The van der Waals surface area contributed by atoms with Gasteiger partial charge in [-0.25, -0.2) is 4.98 Å². The zero-order chi connectivity index (χ0) is 27.0. The summed E-state index contributed by atoms with van der Waals surface area (Å²) in [6.45, 7) is 9.02. The Labute approximate surface area is 228 Å². The number of benzene rings is 2. The second kappa shape index (κ2) is 11.0. The number of aliphatic hydroxyl groups excluding tert-OH is 1. The van der Waals surface area contributed by atoms with E-state index in [1.807, 2.05) is 57.5 Å². The van der Waals surface area contributed by atoms with Gasteiger partial charge in [-0.15, -0.1) is 11.3 Å². The lowest BCUT2D eigenvalue weighted by Crippen LogP contribution is -2.56. The second-order valence-electron chi connectivity index (χ2n) is 10.7. The van der Waals surface area contributed by atoms with Crippen LogP contribution in [0.3, 0.4) is 0 Å². The highest BCUT2D eigenvalue weighted by Crippen LogP contribution is 2.31. The molecular weight excluding hydrogens is 496 g/mol. The molecule has 2 aliphatic rings. The molecule has 1 saturated heterocycles. The van der Waals surface area contributed by atoms with Crippen molar-refractivity contribution < 1.29 is 14.7 Å². The summed E-state index contributed by atoms with van der Waals surface area (Å²) in [4.78, 5) is 36.1. The van der Waals surface area contributed by atoms with E-state index >= 15 is 0 Å². The number of aromatic nitrogens is 1. The maximum absolute atomic E-state index is 13.9. The molecule has 2 N–H and O–H groups in total. The second-order valence-corrected chi connectivity index (χ2v) is 11.6. The Morgan fingerprint density at radius 2 is 1.87 bits per heavy atom. The normalized spacial score (nSPS) is 19.6. The van der Waals surface area contributed by atoms with Gasteiger partial charge in [-0.1, -0.05) is 56.3 Å². The molecule has 38 heavy (non-hydrogen) atoms. The largest absolute Gasteiger partial charge is 0.376 e. The van der Waals surface area contributed by atoms with E-state index < -0.39 is 12.3 Å². The van der Waals surface area contributed by atoms with Crippen molar-refractivity contribution in [1.82, 2.24) is 20.1 Å². The van der Waals surface area contributed by atoms with Crippen molar-refractivity contribution in [2.75, 3.05) is 6.54 Å². The third-order valence-corrected chi connectivity index (χ3v) is 8.83. The highest BCUT2D eigenvalue weighted by Gasteiger charge is 2.43. The molecule has 0 aliphatic carbocycles. The maximum atomic E-state index is 13.9. The van der Waals surface area contributed by atoms with Crippen molar-refractivity contribution in [3.63, 3.8) is 0 Å². The highest BCUT2D eigenvalue weighted by atomic mass is 32.1. The van der Waals surface area contributed by atoms with Crippen LogP contribution in [-0.2, 0) is 11.3 Å². The predicted molar refractivity (Wildman–Crippen MR) is 150 cm³/mol. The lowest BCUT2D eigenvalue weighted by atomic mass is 10.00. The van der Waals surface area contributed by atoms with Crippen molar-refractivity contribution in [1.29, 1.82) is 0 Å². The third-order valence-electron chi connectivity index (χ3n) is 7.86. The van der Waals surface area contributed by atoms with Crippen molar-refractivity contribution >= 4 is 23.2 Å². The van der Waals surface area contributed by atoms with Crippen molar-refractivity contribution in [3.05, 3.63) is 76.4 Å². The molecule has 2 aliphatic heterocycles. The molecule has 8 heteroatoms. The molecule has 0 bridgehead atoms. The van der Waals surface area contributed by atoms with Gasteiger partial charge in [-0.05, 0) is 55.4 Å². The lowest BCUT2D eigenvalue weighted by molar-refractivity contribution is -0.141. The number of hydrogen-bond acceptors (Lipinski definition) is 6. The molecule has 200 valence electrons.